The second-order valence-corrected chi connectivity index (χ2v) is 6.01. The van der Waals surface area contributed by atoms with E-state index in [1.54, 1.807) is 0 Å². The highest BCUT2D eigenvalue weighted by molar-refractivity contribution is 6.30. The van der Waals surface area contributed by atoms with Crippen LogP contribution in [0.3, 0.4) is 0 Å². The normalized spacial score (nSPS) is 18.0. The first-order valence-corrected chi connectivity index (χ1v) is 7.78. The molecule has 0 N–H and O–H groups in total. The number of hydrogen-bond donors (Lipinski definition) is 0. The molecule has 1 fully saturated rings. The van der Waals surface area contributed by atoms with Crippen molar-refractivity contribution in [3.8, 4) is 0 Å². The Bertz CT molecular complexity index is 793. The summed E-state index contributed by atoms with van der Waals surface area (Å²) in [7, 11) is 0. The number of anilines is 1. The summed E-state index contributed by atoms with van der Waals surface area (Å²) in [6, 6.07) is 0. The van der Waals surface area contributed by atoms with Gasteiger partial charge in [0, 0.05) is 30.7 Å². The fourth-order valence-corrected chi connectivity index (χ4v) is 3.10. The molecular weight excluding hydrogens is 344 g/mol. The average Bonchev–Trinajstić information content (AvgIpc) is 2.56. The van der Waals surface area contributed by atoms with Crippen molar-refractivity contribution in [2.24, 2.45) is 11.0 Å². The molecule has 1 aliphatic rings. The summed E-state index contributed by atoms with van der Waals surface area (Å²) >= 11 is 11.7. The van der Waals surface area contributed by atoms with Gasteiger partial charge < -0.3 is 4.90 Å². The molecule has 0 amide bonds. The van der Waals surface area contributed by atoms with E-state index in [1.807, 2.05) is 4.90 Å². The molecule has 0 spiro atoms. The summed E-state index contributed by atoms with van der Waals surface area (Å²) in [5.74, 6) is 0.0274. The minimum Gasteiger partial charge on any atom is -0.356 e. The summed E-state index contributed by atoms with van der Waals surface area (Å²) in [6.07, 6.45) is 3.33. The van der Waals surface area contributed by atoms with Gasteiger partial charge in [-0.15, -0.1) is 0 Å². The van der Waals surface area contributed by atoms with Crippen molar-refractivity contribution in [3.63, 3.8) is 0 Å². The van der Waals surface area contributed by atoms with Crippen LogP contribution in [0, 0.1) is 11.7 Å². The van der Waals surface area contributed by atoms with Crippen molar-refractivity contribution in [2.45, 2.75) is 12.8 Å². The molecule has 3 rings (SSSR count). The lowest BCUT2D eigenvalue weighted by atomic mass is 9.98. The van der Waals surface area contributed by atoms with Gasteiger partial charge in [-0.25, -0.2) is 14.4 Å². The van der Waals surface area contributed by atoms with Crippen molar-refractivity contribution in [1.82, 2.24) is 15.0 Å². The molecule has 10 heteroatoms. The van der Waals surface area contributed by atoms with Crippen LogP contribution in [0.4, 0.5) is 10.2 Å². The first kappa shape index (κ1) is 16.0. The molecule has 1 unspecified atom stereocenters. The third-order valence-corrected chi connectivity index (χ3v) is 4.25. The van der Waals surface area contributed by atoms with Gasteiger partial charge >= 0.3 is 0 Å². The van der Waals surface area contributed by atoms with Crippen LogP contribution >= 0.6 is 23.2 Å². The van der Waals surface area contributed by atoms with Gasteiger partial charge in [0.05, 0.1) is 5.39 Å². The van der Waals surface area contributed by atoms with E-state index < -0.39 is 5.82 Å². The average molecular weight is 356 g/mol. The third kappa shape index (κ3) is 3.24. The molecule has 0 aromatic carbocycles. The predicted octanol–water partition coefficient (Wildman–Crippen LogP) is 4.00. The van der Waals surface area contributed by atoms with Crippen LogP contribution in [-0.2, 0) is 0 Å². The highest BCUT2D eigenvalue weighted by Gasteiger charge is 2.24. The van der Waals surface area contributed by atoms with E-state index in [9.17, 15) is 4.39 Å². The molecule has 1 aliphatic heterocycles. The maximum Gasteiger partial charge on any atom is 0.225 e. The highest BCUT2D eigenvalue weighted by Crippen LogP contribution is 2.31. The van der Waals surface area contributed by atoms with Crippen LogP contribution in [0.15, 0.2) is 11.3 Å². The first-order chi connectivity index (χ1) is 11.1. The zero-order valence-corrected chi connectivity index (χ0v) is 13.5. The van der Waals surface area contributed by atoms with Crippen LogP contribution in [0.5, 0.6) is 0 Å². The summed E-state index contributed by atoms with van der Waals surface area (Å²) in [5.41, 5.74) is 8.51. The molecule has 1 atom stereocenters. The molecule has 0 aliphatic carbocycles. The minimum atomic E-state index is -0.711. The lowest BCUT2D eigenvalue weighted by Crippen LogP contribution is -2.37. The Morgan fingerprint density at radius 3 is 3.04 bits per heavy atom. The van der Waals surface area contributed by atoms with E-state index in [0.717, 1.165) is 19.4 Å². The Balaban J connectivity index is 2.02. The van der Waals surface area contributed by atoms with Crippen LogP contribution in [0.1, 0.15) is 12.8 Å². The van der Waals surface area contributed by atoms with Crippen molar-refractivity contribution >= 4 is 39.9 Å². The second-order valence-electron chi connectivity index (χ2n) is 5.31. The Morgan fingerprint density at radius 1 is 1.43 bits per heavy atom. The SMILES string of the molecule is [N-]=[N+]=NCC1CCCN(c2nc(Cl)nc3c(F)c(Cl)ncc23)C1. The number of pyridine rings is 1. The van der Waals surface area contributed by atoms with Crippen molar-refractivity contribution < 1.29 is 4.39 Å². The van der Waals surface area contributed by atoms with E-state index in [1.165, 1.54) is 6.20 Å². The molecular formula is C13H12Cl2FN7. The lowest BCUT2D eigenvalue weighted by Gasteiger charge is -2.33. The lowest BCUT2D eigenvalue weighted by molar-refractivity contribution is 0.422. The molecule has 7 nitrogen and oxygen atoms in total. The van der Waals surface area contributed by atoms with Crippen molar-refractivity contribution in [3.05, 3.63) is 32.9 Å². The van der Waals surface area contributed by atoms with Gasteiger partial charge in [-0.1, -0.05) is 16.7 Å². The van der Waals surface area contributed by atoms with Crippen molar-refractivity contribution in [1.29, 1.82) is 0 Å². The van der Waals surface area contributed by atoms with E-state index in [-0.39, 0.29) is 21.9 Å². The number of halogens is 3. The van der Waals surface area contributed by atoms with Gasteiger partial charge in [0.15, 0.2) is 11.0 Å². The molecule has 2 aromatic rings. The van der Waals surface area contributed by atoms with Gasteiger partial charge in [-0.3, -0.25) is 0 Å². The Hall–Kier alpha value is -1.89. The molecule has 1 saturated heterocycles. The van der Waals surface area contributed by atoms with Crippen LogP contribution in [-0.4, -0.2) is 34.6 Å². The monoisotopic (exact) mass is 355 g/mol. The fraction of sp³-hybridized carbons (Fsp3) is 0.462. The van der Waals surface area contributed by atoms with Crippen molar-refractivity contribution in [2.75, 3.05) is 24.5 Å². The summed E-state index contributed by atoms with van der Waals surface area (Å²) in [5, 5.41) is 3.79. The highest BCUT2D eigenvalue weighted by atomic mass is 35.5. The number of fused-ring (bicyclic) bond motifs is 1. The summed E-state index contributed by atoms with van der Waals surface area (Å²) in [6.45, 7) is 1.81. The zero-order valence-electron chi connectivity index (χ0n) is 12.0. The third-order valence-electron chi connectivity index (χ3n) is 3.82. The van der Waals surface area contributed by atoms with Crippen LogP contribution in [0.25, 0.3) is 21.3 Å². The van der Waals surface area contributed by atoms with Gasteiger partial charge in [0.1, 0.15) is 11.3 Å². The Morgan fingerprint density at radius 2 is 2.26 bits per heavy atom. The Labute approximate surface area is 141 Å². The maximum absolute atomic E-state index is 14.2. The maximum atomic E-state index is 14.2. The standard InChI is InChI=1S/C13H12Cl2FN7/c14-11-9(16)10-8(5-18-11)12(21-13(15)20-10)23-3-1-2-7(6-23)4-19-22-17/h5,7H,1-4,6H2. The summed E-state index contributed by atoms with van der Waals surface area (Å²) < 4.78 is 14.2. The number of azide groups is 1. The molecule has 3 heterocycles. The number of piperidine rings is 1. The number of nitrogens with zero attached hydrogens (tertiary/aromatic N) is 7. The second kappa shape index (κ2) is 6.70. The topological polar surface area (TPSA) is 90.7 Å². The van der Waals surface area contributed by atoms with E-state index in [4.69, 9.17) is 28.7 Å². The predicted molar refractivity (Wildman–Crippen MR) is 86.3 cm³/mol. The van der Waals surface area contributed by atoms with Gasteiger partial charge in [0.25, 0.3) is 0 Å². The largest absolute Gasteiger partial charge is 0.356 e. The minimum absolute atomic E-state index is 0.0502. The number of aromatic nitrogens is 3. The van der Waals surface area contributed by atoms with Gasteiger partial charge in [-0.2, -0.15) is 4.98 Å². The van der Waals surface area contributed by atoms with Crippen LogP contribution < -0.4 is 4.90 Å². The molecule has 120 valence electrons. The smallest absolute Gasteiger partial charge is 0.225 e. The quantitative estimate of drug-likeness (QED) is 0.273. The number of rotatable bonds is 3. The summed E-state index contributed by atoms with van der Waals surface area (Å²) in [4.78, 5) is 16.8. The molecule has 0 bridgehead atoms. The number of hydrogen-bond acceptors (Lipinski definition) is 5. The van der Waals surface area contributed by atoms with Crippen LogP contribution in [0.2, 0.25) is 10.4 Å². The molecule has 23 heavy (non-hydrogen) atoms. The van der Waals surface area contributed by atoms with E-state index >= 15 is 0 Å². The fourth-order valence-electron chi connectivity index (χ4n) is 2.79. The van der Waals surface area contributed by atoms with E-state index in [0.29, 0.717) is 24.3 Å². The van der Waals surface area contributed by atoms with E-state index in [2.05, 4.69) is 25.0 Å². The zero-order chi connectivity index (χ0) is 16.4. The Kier molecular flexibility index (Phi) is 4.66. The van der Waals surface area contributed by atoms with Gasteiger partial charge in [-0.05, 0) is 35.9 Å². The van der Waals surface area contributed by atoms with Gasteiger partial charge in [0.2, 0.25) is 5.28 Å². The first-order valence-electron chi connectivity index (χ1n) is 7.03. The molecule has 0 radical (unpaired) electrons. The molecule has 2 aromatic heterocycles. The molecule has 0 saturated carbocycles.